The monoisotopic (exact) mass is 298 g/mol. The van der Waals surface area contributed by atoms with Crippen LogP contribution in [0.25, 0.3) is 0 Å². The van der Waals surface area contributed by atoms with Gasteiger partial charge in [0.2, 0.25) is 0 Å². The van der Waals surface area contributed by atoms with E-state index in [1.54, 1.807) is 0 Å². The Morgan fingerprint density at radius 3 is 2.16 bits per heavy atom. The second-order valence-corrected chi connectivity index (χ2v) is 5.76. The highest BCUT2D eigenvalue weighted by atomic mass is 35.5. The maximum absolute atomic E-state index is 12.0. The summed E-state index contributed by atoms with van der Waals surface area (Å²) in [5.41, 5.74) is 11.6. The van der Waals surface area contributed by atoms with Gasteiger partial charge in [0.05, 0.1) is 11.4 Å². The van der Waals surface area contributed by atoms with Gasteiger partial charge in [-0.1, -0.05) is 11.6 Å². The molecule has 0 saturated carbocycles. The van der Waals surface area contributed by atoms with Crippen LogP contribution in [-0.4, -0.2) is 8.42 Å². The Morgan fingerprint density at radius 2 is 1.58 bits per heavy atom. The lowest BCUT2D eigenvalue weighted by Gasteiger charge is -2.08. The molecule has 0 heterocycles. The van der Waals surface area contributed by atoms with Gasteiger partial charge in [-0.2, -0.15) is 8.42 Å². The van der Waals surface area contributed by atoms with Crippen molar-refractivity contribution in [3.63, 3.8) is 0 Å². The molecule has 0 aliphatic heterocycles. The molecule has 0 bridgehead atoms. The summed E-state index contributed by atoms with van der Waals surface area (Å²) < 4.78 is 29.0. The zero-order chi connectivity index (χ0) is 14.0. The molecule has 5 nitrogen and oxygen atoms in total. The summed E-state index contributed by atoms with van der Waals surface area (Å²) in [4.78, 5) is -0.0610. The number of hydrogen-bond acceptors (Lipinski definition) is 5. The molecule has 7 heteroatoms. The summed E-state index contributed by atoms with van der Waals surface area (Å²) in [5, 5.41) is 0.487. The van der Waals surface area contributed by atoms with Gasteiger partial charge in [-0.15, -0.1) is 0 Å². The molecule has 19 heavy (non-hydrogen) atoms. The van der Waals surface area contributed by atoms with Crippen LogP contribution in [0.4, 0.5) is 11.4 Å². The molecule has 0 unspecified atom stereocenters. The minimum atomic E-state index is -3.94. The second-order valence-electron chi connectivity index (χ2n) is 3.78. The van der Waals surface area contributed by atoms with E-state index in [4.69, 9.17) is 27.3 Å². The van der Waals surface area contributed by atoms with Gasteiger partial charge in [0.15, 0.2) is 0 Å². The fourth-order valence-corrected chi connectivity index (χ4v) is 2.47. The van der Waals surface area contributed by atoms with Crippen LogP contribution in [0.15, 0.2) is 47.4 Å². The Morgan fingerprint density at radius 1 is 0.947 bits per heavy atom. The van der Waals surface area contributed by atoms with Crippen molar-refractivity contribution in [2.24, 2.45) is 0 Å². The summed E-state index contributed by atoms with van der Waals surface area (Å²) in [6.07, 6.45) is 0. The summed E-state index contributed by atoms with van der Waals surface area (Å²) in [5.74, 6) is 0.166. The number of benzene rings is 2. The van der Waals surface area contributed by atoms with E-state index < -0.39 is 10.1 Å². The third kappa shape index (κ3) is 3.10. The van der Waals surface area contributed by atoms with Gasteiger partial charge in [-0.3, -0.25) is 0 Å². The molecular weight excluding hydrogens is 288 g/mol. The molecular formula is C12H11ClN2O3S. The fraction of sp³-hybridized carbons (Fsp3) is 0. The number of halogens is 1. The number of hydrogen-bond donors (Lipinski definition) is 2. The molecule has 2 rings (SSSR count). The molecule has 0 aliphatic carbocycles. The number of nitrogen functional groups attached to an aromatic ring is 2. The van der Waals surface area contributed by atoms with Crippen LogP contribution >= 0.6 is 11.6 Å². The lowest BCUT2D eigenvalue weighted by molar-refractivity contribution is 0.486. The highest BCUT2D eigenvalue weighted by Gasteiger charge is 2.17. The third-order valence-electron chi connectivity index (χ3n) is 2.37. The molecule has 2 aromatic rings. The second kappa shape index (κ2) is 4.99. The van der Waals surface area contributed by atoms with Crippen molar-refractivity contribution in [3.05, 3.63) is 47.5 Å². The molecule has 0 aliphatic rings. The van der Waals surface area contributed by atoms with Crippen LogP contribution in [0, 0.1) is 0 Å². The van der Waals surface area contributed by atoms with Crippen LogP contribution in [0.3, 0.4) is 0 Å². The molecule has 0 atom stereocenters. The number of nitrogens with two attached hydrogens (primary N) is 2. The average molecular weight is 299 g/mol. The van der Waals surface area contributed by atoms with Gasteiger partial charge in [0.1, 0.15) is 10.6 Å². The topological polar surface area (TPSA) is 95.4 Å². The standard InChI is InChI=1S/C12H11ClN2O3S/c13-8-1-3-9(4-2-8)18-19(16,17)10-5-6-11(14)12(15)7-10/h1-7H,14-15H2. The normalized spacial score (nSPS) is 11.2. The van der Waals surface area contributed by atoms with Gasteiger partial charge in [0.25, 0.3) is 0 Å². The summed E-state index contributed by atoms with van der Waals surface area (Å²) in [6, 6.07) is 9.97. The summed E-state index contributed by atoms with van der Waals surface area (Å²) in [7, 11) is -3.94. The quantitative estimate of drug-likeness (QED) is 0.669. The third-order valence-corrected chi connectivity index (χ3v) is 3.86. The predicted octanol–water partition coefficient (Wildman–Crippen LogP) is 2.27. The van der Waals surface area contributed by atoms with Crippen molar-refractivity contribution in [1.29, 1.82) is 0 Å². The highest BCUT2D eigenvalue weighted by Crippen LogP contribution is 2.24. The van der Waals surface area contributed by atoms with Crippen LogP contribution in [0.2, 0.25) is 5.02 Å². The van der Waals surface area contributed by atoms with E-state index >= 15 is 0 Å². The molecule has 4 N–H and O–H groups in total. The van der Waals surface area contributed by atoms with E-state index in [-0.39, 0.29) is 16.3 Å². The smallest absolute Gasteiger partial charge is 0.339 e. The van der Waals surface area contributed by atoms with Gasteiger partial charge >= 0.3 is 10.1 Å². The Labute approximate surface area is 115 Å². The first kappa shape index (κ1) is 13.5. The van der Waals surface area contributed by atoms with E-state index in [0.29, 0.717) is 10.7 Å². The molecule has 0 amide bonds. The van der Waals surface area contributed by atoms with E-state index in [1.165, 1.54) is 42.5 Å². The average Bonchev–Trinajstić information content (AvgIpc) is 2.35. The molecule has 2 aromatic carbocycles. The first-order valence-corrected chi connectivity index (χ1v) is 7.02. The van der Waals surface area contributed by atoms with Crippen LogP contribution in [0.1, 0.15) is 0 Å². The Kier molecular flexibility index (Phi) is 3.55. The minimum absolute atomic E-state index is 0.0610. The van der Waals surface area contributed by atoms with Crippen molar-refractivity contribution in [1.82, 2.24) is 0 Å². The lowest BCUT2D eigenvalue weighted by atomic mass is 10.3. The largest absolute Gasteiger partial charge is 0.397 e. The van der Waals surface area contributed by atoms with Crippen molar-refractivity contribution in [3.8, 4) is 5.75 Å². The zero-order valence-electron chi connectivity index (χ0n) is 9.71. The summed E-state index contributed by atoms with van der Waals surface area (Å²) in [6.45, 7) is 0. The lowest BCUT2D eigenvalue weighted by Crippen LogP contribution is -2.10. The predicted molar refractivity (Wildman–Crippen MR) is 74.5 cm³/mol. The SMILES string of the molecule is Nc1ccc(S(=O)(=O)Oc2ccc(Cl)cc2)cc1N. The molecule has 0 fully saturated rings. The molecule has 0 radical (unpaired) electrons. The van der Waals surface area contributed by atoms with Crippen molar-refractivity contribution < 1.29 is 12.6 Å². The van der Waals surface area contributed by atoms with E-state index in [0.717, 1.165) is 0 Å². The van der Waals surface area contributed by atoms with E-state index in [9.17, 15) is 8.42 Å². The maximum atomic E-state index is 12.0. The van der Waals surface area contributed by atoms with Crippen LogP contribution < -0.4 is 15.7 Å². The zero-order valence-corrected chi connectivity index (χ0v) is 11.3. The number of anilines is 2. The van der Waals surface area contributed by atoms with Gasteiger partial charge in [0, 0.05) is 5.02 Å². The minimum Gasteiger partial charge on any atom is -0.397 e. The fourth-order valence-electron chi connectivity index (χ4n) is 1.37. The molecule has 0 spiro atoms. The van der Waals surface area contributed by atoms with Crippen molar-refractivity contribution in [2.45, 2.75) is 4.90 Å². The molecule has 0 saturated heterocycles. The van der Waals surface area contributed by atoms with E-state index in [1.807, 2.05) is 0 Å². The molecule has 0 aromatic heterocycles. The molecule has 100 valence electrons. The van der Waals surface area contributed by atoms with Gasteiger partial charge < -0.3 is 15.7 Å². The Balaban J connectivity index is 2.32. The van der Waals surface area contributed by atoms with Crippen molar-refractivity contribution >= 4 is 33.1 Å². The van der Waals surface area contributed by atoms with Crippen LogP contribution in [0.5, 0.6) is 5.75 Å². The van der Waals surface area contributed by atoms with Crippen LogP contribution in [-0.2, 0) is 10.1 Å². The summed E-state index contributed by atoms with van der Waals surface area (Å²) >= 11 is 5.70. The Hall–Kier alpha value is -1.92. The first-order chi connectivity index (χ1) is 8.88. The maximum Gasteiger partial charge on any atom is 0.339 e. The highest BCUT2D eigenvalue weighted by molar-refractivity contribution is 7.87. The number of rotatable bonds is 3. The first-order valence-electron chi connectivity index (χ1n) is 5.23. The van der Waals surface area contributed by atoms with Gasteiger partial charge in [-0.05, 0) is 42.5 Å². The van der Waals surface area contributed by atoms with Gasteiger partial charge in [-0.25, -0.2) is 0 Å². The van der Waals surface area contributed by atoms with Crippen molar-refractivity contribution in [2.75, 3.05) is 11.5 Å². The Bertz CT molecular complexity index is 699. The van der Waals surface area contributed by atoms with E-state index in [2.05, 4.69) is 0 Å².